The van der Waals surface area contributed by atoms with Crippen molar-refractivity contribution in [2.45, 2.75) is 18.3 Å². The first-order valence-electron chi connectivity index (χ1n) is 5.10. The van der Waals surface area contributed by atoms with E-state index >= 15 is 0 Å². The number of aromatic amines is 1. The molecule has 1 heterocycles. The molecule has 3 rings (SSSR count). The van der Waals surface area contributed by atoms with Crippen LogP contribution in [-0.2, 0) is 10.2 Å². The standard InChI is InChI=1S/C12H12N2O/c13-11(15)12(5-6-12)10-7-8-3-1-2-4-9(8)14-10/h1-4,7,14H,5-6H2,(H2,13,15). The molecule has 1 aromatic heterocycles. The van der Waals surface area contributed by atoms with Gasteiger partial charge in [0.05, 0.1) is 5.41 Å². The van der Waals surface area contributed by atoms with E-state index in [1.54, 1.807) is 0 Å². The second kappa shape index (κ2) is 2.63. The number of nitrogens with one attached hydrogen (secondary N) is 1. The summed E-state index contributed by atoms with van der Waals surface area (Å²) in [4.78, 5) is 14.6. The van der Waals surface area contributed by atoms with Crippen LogP contribution in [0.1, 0.15) is 18.5 Å². The lowest BCUT2D eigenvalue weighted by atomic mass is 10.0. The summed E-state index contributed by atoms with van der Waals surface area (Å²) in [7, 11) is 0. The highest BCUT2D eigenvalue weighted by atomic mass is 16.1. The van der Waals surface area contributed by atoms with Crippen molar-refractivity contribution in [1.82, 2.24) is 4.98 Å². The zero-order valence-corrected chi connectivity index (χ0v) is 8.29. The van der Waals surface area contributed by atoms with Gasteiger partial charge in [0.2, 0.25) is 5.91 Å². The fourth-order valence-electron chi connectivity index (χ4n) is 2.10. The van der Waals surface area contributed by atoms with Crippen molar-refractivity contribution in [3.63, 3.8) is 0 Å². The van der Waals surface area contributed by atoms with E-state index in [9.17, 15) is 4.79 Å². The Morgan fingerprint density at radius 1 is 1.33 bits per heavy atom. The second-order valence-electron chi connectivity index (χ2n) is 4.22. The molecule has 76 valence electrons. The van der Waals surface area contributed by atoms with Crippen LogP contribution in [0.3, 0.4) is 0 Å². The van der Waals surface area contributed by atoms with Crippen molar-refractivity contribution in [2.75, 3.05) is 0 Å². The second-order valence-corrected chi connectivity index (χ2v) is 4.22. The minimum absolute atomic E-state index is 0.214. The fourth-order valence-corrected chi connectivity index (χ4v) is 2.10. The smallest absolute Gasteiger partial charge is 0.229 e. The average molecular weight is 200 g/mol. The van der Waals surface area contributed by atoms with Gasteiger partial charge in [-0.15, -0.1) is 0 Å². The van der Waals surface area contributed by atoms with Gasteiger partial charge in [0.15, 0.2) is 0 Å². The number of primary amides is 1. The number of amides is 1. The molecular weight excluding hydrogens is 188 g/mol. The summed E-state index contributed by atoms with van der Waals surface area (Å²) in [5.74, 6) is -0.214. The third-order valence-electron chi connectivity index (χ3n) is 3.27. The molecule has 3 nitrogen and oxygen atoms in total. The Balaban J connectivity index is 2.17. The molecule has 2 aromatic rings. The molecule has 1 fully saturated rings. The molecule has 0 atom stereocenters. The Bertz CT molecular complexity index is 504. The normalized spacial score (nSPS) is 17.9. The molecule has 1 amide bonds. The Morgan fingerprint density at radius 2 is 2.07 bits per heavy atom. The molecule has 0 spiro atoms. The van der Waals surface area contributed by atoms with Crippen LogP contribution in [0.5, 0.6) is 0 Å². The zero-order valence-electron chi connectivity index (χ0n) is 8.29. The van der Waals surface area contributed by atoms with Gasteiger partial charge in [-0.25, -0.2) is 0 Å². The highest BCUT2D eigenvalue weighted by Gasteiger charge is 2.51. The number of aromatic nitrogens is 1. The highest BCUT2D eigenvalue weighted by Crippen LogP contribution is 2.48. The van der Waals surface area contributed by atoms with Gasteiger partial charge in [0.25, 0.3) is 0 Å². The van der Waals surface area contributed by atoms with E-state index in [1.165, 1.54) is 0 Å². The number of benzene rings is 1. The summed E-state index contributed by atoms with van der Waals surface area (Å²) < 4.78 is 0. The maximum atomic E-state index is 11.4. The van der Waals surface area contributed by atoms with Crippen LogP contribution in [0.15, 0.2) is 30.3 Å². The van der Waals surface area contributed by atoms with Gasteiger partial charge in [0, 0.05) is 11.2 Å². The maximum absolute atomic E-state index is 11.4. The van der Waals surface area contributed by atoms with Crippen molar-refractivity contribution in [3.05, 3.63) is 36.0 Å². The summed E-state index contributed by atoms with van der Waals surface area (Å²) in [6, 6.07) is 10.0. The van der Waals surface area contributed by atoms with Crippen LogP contribution in [0.2, 0.25) is 0 Å². The molecule has 1 aliphatic rings. The number of para-hydroxylation sites is 1. The molecule has 1 aliphatic carbocycles. The lowest BCUT2D eigenvalue weighted by Crippen LogP contribution is -2.28. The first-order chi connectivity index (χ1) is 7.22. The molecular formula is C12H12N2O. The van der Waals surface area contributed by atoms with Crippen molar-refractivity contribution in [3.8, 4) is 0 Å². The quantitative estimate of drug-likeness (QED) is 0.761. The number of carbonyl (C=O) groups excluding carboxylic acids is 1. The third-order valence-corrected chi connectivity index (χ3v) is 3.27. The molecule has 3 N–H and O–H groups in total. The van der Waals surface area contributed by atoms with Gasteiger partial charge in [-0.05, 0) is 30.4 Å². The summed E-state index contributed by atoms with van der Waals surface area (Å²) in [5.41, 5.74) is 7.06. The molecule has 0 saturated heterocycles. The lowest BCUT2D eigenvalue weighted by molar-refractivity contribution is -0.120. The van der Waals surface area contributed by atoms with E-state index in [1.807, 2.05) is 30.3 Å². The summed E-state index contributed by atoms with van der Waals surface area (Å²) in [6.07, 6.45) is 1.74. The van der Waals surface area contributed by atoms with E-state index < -0.39 is 5.41 Å². The van der Waals surface area contributed by atoms with Gasteiger partial charge in [-0.1, -0.05) is 18.2 Å². The molecule has 15 heavy (non-hydrogen) atoms. The van der Waals surface area contributed by atoms with E-state index in [-0.39, 0.29) is 5.91 Å². The Hall–Kier alpha value is -1.77. The van der Waals surface area contributed by atoms with Crippen LogP contribution in [0.25, 0.3) is 10.9 Å². The fraction of sp³-hybridized carbons (Fsp3) is 0.250. The topological polar surface area (TPSA) is 58.9 Å². The van der Waals surface area contributed by atoms with Gasteiger partial charge in [0.1, 0.15) is 0 Å². The van der Waals surface area contributed by atoms with Gasteiger partial charge < -0.3 is 10.7 Å². The van der Waals surface area contributed by atoms with E-state index in [2.05, 4.69) is 4.98 Å². The molecule has 0 aliphatic heterocycles. The minimum atomic E-state index is -0.404. The van der Waals surface area contributed by atoms with Crippen LogP contribution >= 0.6 is 0 Å². The van der Waals surface area contributed by atoms with Crippen molar-refractivity contribution in [1.29, 1.82) is 0 Å². The maximum Gasteiger partial charge on any atom is 0.229 e. The number of carbonyl (C=O) groups is 1. The van der Waals surface area contributed by atoms with Crippen molar-refractivity contribution >= 4 is 16.8 Å². The summed E-state index contributed by atoms with van der Waals surface area (Å²) in [6.45, 7) is 0. The third kappa shape index (κ3) is 1.09. The molecule has 1 saturated carbocycles. The number of fused-ring (bicyclic) bond motifs is 1. The van der Waals surface area contributed by atoms with Crippen LogP contribution < -0.4 is 5.73 Å². The Morgan fingerprint density at radius 3 is 2.67 bits per heavy atom. The molecule has 0 unspecified atom stereocenters. The largest absolute Gasteiger partial charge is 0.369 e. The van der Waals surface area contributed by atoms with Crippen molar-refractivity contribution in [2.24, 2.45) is 5.73 Å². The Labute approximate surface area is 87.3 Å². The van der Waals surface area contributed by atoms with E-state index in [0.29, 0.717) is 0 Å². The van der Waals surface area contributed by atoms with Crippen LogP contribution in [-0.4, -0.2) is 10.9 Å². The monoisotopic (exact) mass is 200 g/mol. The minimum Gasteiger partial charge on any atom is -0.369 e. The predicted molar refractivity (Wildman–Crippen MR) is 58.4 cm³/mol. The number of hydrogen-bond donors (Lipinski definition) is 2. The summed E-state index contributed by atoms with van der Waals surface area (Å²) >= 11 is 0. The SMILES string of the molecule is NC(=O)C1(c2cc3ccccc3[nH]2)CC1. The van der Waals surface area contributed by atoms with E-state index in [0.717, 1.165) is 29.4 Å². The van der Waals surface area contributed by atoms with Crippen molar-refractivity contribution < 1.29 is 4.79 Å². The summed E-state index contributed by atoms with van der Waals surface area (Å²) in [5, 5.41) is 1.14. The van der Waals surface area contributed by atoms with Gasteiger partial charge in [-0.2, -0.15) is 0 Å². The first kappa shape index (κ1) is 8.53. The van der Waals surface area contributed by atoms with E-state index in [4.69, 9.17) is 5.73 Å². The molecule has 0 radical (unpaired) electrons. The van der Waals surface area contributed by atoms with Crippen LogP contribution in [0, 0.1) is 0 Å². The van der Waals surface area contributed by atoms with Gasteiger partial charge in [-0.3, -0.25) is 4.79 Å². The lowest BCUT2D eigenvalue weighted by Gasteiger charge is -2.07. The average Bonchev–Trinajstić information content (AvgIpc) is 2.93. The Kier molecular flexibility index (Phi) is 1.49. The zero-order chi connectivity index (χ0) is 10.5. The number of nitrogens with two attached hydrogens (primary N) is 1. The molecule has 0 bridgehead atoms. The number of H-pyrrole nitrogens is 1. The van der Waals surface area contributed by atoms with Gasteiger partial charge >= 0.3 is 0 Å². The van der Waals surface area contributed by atoms with Crippen LogP contribution in [0.4, 0.5) is 0 Å². The highest BCUT2D eigenvalue weighted by molar-refractivity contribution is 5.92. The molecule has 3 heteroatoms. The first-order valence-corrected chi connectivity index (χ1v) is 5.10. The number of rotatable bonds is 2. The number of hydrogen-bond acceptors (Lipinski definition) is 1. The predicted octanol–water partition coefficient (Wildman–Crippen LogP) is 1.68. The molecule has 1 aromatic carbocycles.